The summed E-state index contributed by atoms with van der Waals surface area (Å²) in [5, 5.41) is 2.32. The summed E-state index contributed by atoms with van der Waals surface area (Å²) >= 11 is 4.42. The van der Waals surface area contributed by atoms with Gasteiger partial charge in [0.25, 0.3) is 0 Å². The third kappa shape index (κ3) is 2.13. The molecule has 52 valence electrons. The van der Waals surface area contributed by atoms with Crippen molar-refractivity contribution < 1.29 is 0 Å². The lowest BCUT2D eigenvalue weighted by Crippen LogP contribution is -1.87. The third-order valence-electron chi connectivity index (χ3n) is 1.22. The van der Waals surface area contributed by atoms with Crippen LogP contribution in [0.5, 0.6) is 0 Å². The average Bonchev–Trinajstić information content (AvgIpc) is 2.41. The molecule has 0 aliphatic heterocycles. The molecule has 0 saturated heterocycles. The Morgan fingerprint density at radius 2 is 2.60 bits per heavy atom. The van der Waals surface area contributed by atoms with Gasteiger partial charge in [0.05, 0.1) is 11.7 Å². The van der Waals surface area contributed by atoms with Crippen LogP contribution in [-0.4, -0.2) is 16.7 Å². The van der Waals surface area contributed by atoms with E-state index in [0.29, 0.717) is 0 Å². The molecule has 0 atom stereocenters. The van der Waals surface area contributed by atoms with Crippen LogP contribution >= 0.6 is 12.2 Å². The molecule has 0 spiro atoms. The van der Waals surface area contributed by atoms with Crippen molar-refractivity contribution in [3.05, 3.63) is 24.0 Å². The van der Waals surface area contributed by atoms with Crippen molar-refractivity contribution >= 4 is 17.4 Å². The first-order chi connectivity index (χ1) is 4.93. The van der Waals surface area contributed by atoms with Crippen molar-refractivity contribution in [2.75, 3.05) is 6.54 Å². The average molecular weight is 152 g/mol. The predicted octanol–water partition coefficient (Wildman–Crippen LogP) is 1.66. The summed E-state index contributed by atoms with van der Waals surface area (Å²) in [5.74, 6) is 0. The van der Waals surface area contributed by atoms with Gasteiger partial charge < -0.3 is 4.98 Å². The zero-order valence-corrected chi connectivity index (χ0v) is 6.32. The van der Waals surface area contributed by atoms with E-state index in [1.165, 1.54) is 5.69 Å². The standard InChI is InChI=1S/C7H8N2S/c10-6-8-5-3-7-2-1-4-9-7/h1-2,4,9H,3,5H2. The molecule has 0 aromatic carbocycles. The van der Waals surface area contributed by atoms with E-state index < -0.39 is 0 Å². The molecule has 10 heavy (non-hydrogen) atoms. The number of nitrogens with zero attached hydrogens (tertiary/aromatic N) is 1. The second kappa shape index (κ2) is 3.99. The van der Waals surface area contributed by atoms with E-state index in [9.17, 15) is 0 Å². The van der Waals surface area contributed by atoms with Gasteiger partial charge in [0.15, 0.2) is 0 Å². The molecule has 2 nitrogen and oxygen atoms in total. The fourth-order valence-electron chi connectivity index (χ4n) is 0.745. The quantitative estimate of drug-likeness (QED) is 0.517. The first kappa shape index (κ1) is 7.19. The maximum absolute atomic E-state index is 4.42. The van der Waals surface area contributed by atoms with Gasteiger partial charge in [-0.3, -0.25) is 0 Å². The molecule has 1 aromatic heterocycles. The Balaban J connectivity index is 2.34. The second-order valence-corrected chi connectivity index (χ2v) is 2.10. The molecule has 0 aliphatic rings. The SMILES string of the molecule is S=C=NCCc1ccc[nH]1. The van der Waals surface area contributed by atoms with Gasteiger partial charge in [-0.2, -0.15) is 0 Å². The highest BCUT2D eigenvalue weighted by Crippen LogP contribution is 1.94. The van der Waals surface area contributed by atoms with Crippen LogP contribution in [0.25, 0.3) is 0 Å². The smallest absolute Gasteiger partial charge is 0.0585 e. The third-order valence-corrected chi connectivity index (χ3v) is 1.35. The number of aromatic nitrogens is 1. The van der Waals surface area contributed by atoms with Crippen LogP contribution in [0.4, 0.5) is 0 Å². The van der Waals surface area contributed by atoms with Crippen LogP contribution in [0.15, 0.2) is 23.3 Å². The van der Waals surface area contributed by atoms with Crippen molar-refractivity contribution in [1.82, 2.24) is 4.98 Å². The highest BCUT2D eigenvalue weighted by atomic mass is 32.1. The van der Waals surface area contributed by atoms with Crippen molar-refractivity contribution in [1.29, 1.82) is 0 Å². The van der Waals surface area contributed by atoms with E-state index in [4.69, 9.17) is 0 Å². The molecule has 0 aliphatic carbocycles. The lowest BCUT2D eigenvalue weighted by atomic mass is 10.3. The highest BCUT2D eigenvalue weighted by Gasteiger charge is 1.88. The highest BCUT2D eigenvalue weighted by molar-refractivity contribution is 7.78. The number of aromatic amines is 1. The monoisotopic (exact) mass is 152 g/mol. The summed E-state index contributed by atoms with van der Waals surface area (Å²) in [4.78, 5) is 6.87. The lowest BCUT2D eigenvalue weighted by Gasteiger charge is -1.88. The summed E-state index contributed by atoms with van der Waals surface area (Å²) in [6.07, 6.45) is 2.81. The van der Waals surface area contributed by atoms with Gasteiger partial charge in [-0.25, -0.2) is 4.99 Å². The largest absolute Gasteiger partial charge is 0.365 e. The molecule has 1 N–H and O–H groups in total. The van der Waals surface area contributed by atoms with Crippen molar-refractivity contribution in [3.63, 3.8) is 0 Å². The predicted molar refractivity (Wildman–Crippen MR) is 44.4 cm³/mol. The summed E-state index contributed by atoms with van der Waals surface area (Å²) < 4.78 is 0. The van der Waals surface area contributed by atoms with Gasteiger partial charge in [-0.1, -0.05) is 0 Å². The molecular weight excluding hydrogens is 144 g/mol. The molecule has 1 aromatic rings. The molecule has 1 rings (SSSR count). The van der Waals surface area contributed by atoms with E-state index in [1.807, 2.05) is 18.3 Å². The number of aliphatic imine (C=N–C) groups is 1. The van der Waals surface area contributed by atoms with E-state index in [2.05, 4.69) is 27.4 Å². The van der Waals surface area contributed by atoms with Crippen molar-refractivity contribution in [2.24, 2.45) is 4.99 Å². The minimum atomic E-state index is 0.726. The van der Waals surface area contributed by atoms with Gasteiger partial charge in [-0.05, 0) is 24.4 Å². The molecule has 0 unspecified atom stereocenters. The van der Waals surface area contributed by atoms with Crippen LogP contribution in [-0.2, 0) is 6.42 Å². The maximum atomic E-state index is 4.42. The van der Waals surface area contributed by atoms with Crippen LogP contribution in [0, 0.1) is 0 Å². The van der Waals surface area contributed by atoms with Crippen molar-refractivity contribution in [3.8, 4) is 0 Å². The fraction of sp³-hybridized carbons (Fsp3) is 0.286. The lowest BCUT2D eigenvalue weighted by molar-refractivity contribution is 0.942. The topological polar surface area (TPSA) is 28.1 Å². The van der Waals surface area contributed by atoms with Gasteiger partial charge in [0.2, 0.25) is 0 Å². The minimum Gasteiger partial charge on any atom is -0.365 e. The zero-order valence-electron chi connectivity index (χ0n) is 5.50. The number of hydrogen-bond donors (Lipinski definition) is 1. The molecular formula is C7H8N2S. The van der Waals surface area contributed by atoms with E-state index in [-0.39, 0.29) is 0 Å². The van der Waals surface area contributed by atoms with Gasteiger partial charge in [0.1, 0.15) is 0 Å². The van der Waals surface area contributed by atoms with Crippen molar-refractivity contribution in [2.45, 2.75) is 6.42 Å². The number of rotatable bonds is 3. The maximum Gasteiger partial charge on any atom is 0.0585 e. The Morgan fingerprint density at radius 3 is 3.20 bits per heavy atom. The molecule has 0 amide bonds. The minimum absolute atomic E-state index is 0.726. The first-order valence-electron chi connectivity index (χ1n) is 3.09. The Kier molecular flexibility index (Phi) is 2.87. The van der Waals surface area contributed by atoms with Crippen LogP contribution in [0.3, 0.4) is 0 Å². The Labute approximate surface area is 65.0 Å². The molecule has 0 fully saturated rings. The van der Waals surface area contributed by atoms with E-state index in [1.54, 1.807) is 0 Å². The van der Waals surface area contributed by atoms with Crippen LogP contribution < -0.4 is 0 Å². The summed E-state index contributed by atoms with van der Waals surface area (Å²) in [6.45, 7) is 0.726. The van der Waals surface area contributed by atoms with Gasteiger partial charge >= 0.3 is 0 Å². The molecule has 1 heterocycles. The summed E-state index contributed by atoms with van der Waals surface area (Å²) in [7, 11) is 0. The number of thiocarbonyl (C=S) groups is 1. The Hall–Kier alpha value is -0.920. The first-order valence-corrected chi connectivity index (χ1v) is 3.50. The number of H-pyrrole nitrogens is 1. The fourth-order valence-corrected chi connectivity index (χ4v) is 0.836. The molecule has 3 heteroatoms. The Morgan fingerprint density at radius 1 is 1.70 bits per heavy atom. The molecule has 0 bridgehead atoms. The van der Waals surface area contributed by atoms with E-state index >= 15 is 0 Å². The molecule has 0 saturated carbocycles. The van der Waals surface area contributed by atoms with E-state index in [0.717, 1.165) is 13.0 Å². The Bertz CT molecular complexity index is 222. The second-order valence-electron chi connectivity index (χ2n) is 1.92. The summed E-state index contributed by atoms with van der Waals surface area (Å²) in [6, 6.07) is 4.00. The van der Waals surface area contributed by atoms with Crippen LogP contribution in [0.2, 0.25) is 0 Å². The molecule has 0 radical (unpaired) electrons. The van der Waals surface area contributed by atoms with Gasteiger partial charge in [0, 0.05) is 18.3 Å². The number of nitrogens with one attached hydrogen (secondary N) is 1. The van der Waals surface area contributed by atoms with Crippen LogP contribution in [0.1, 0.15) is 5.69 Å². The number of isothiocyanates is 1. The zero-order chi connectivity index (χ0) is 7.23. The van der Waals surface area contributed by atoms with Gasteiger partial charge in [-0.15, -0.1) is 0 Å². The number of hydrogen-bond acceptors (Lipinski definition) is 2. The normalized spacial score (nSPS) is 8.80. The summed E-state index contributed by atoms with van der Waals surface area (Å²) in [5.41, 5.74) is 1.19.